The number of nitrogens with zero attached hydrogens (tertiary/aromatic N) is 1. The Bertz CT molecular complexity index is 708. The predicted octanol–water partition coefficient (Wildman–Crippen LogP) is 3.46. The van der Waals surface area contributed by atoms with Gasteiger partial charge in [0.1, 0.15) is 5.75 Å². The molecule has 6 heteroatoms. The molecule has 0 spiro atoms. The first kappa shape index (κ1) is 16.9. The maximum atomic E-state index is 12.1. The van der Waals surface area contributed by atoms with Gasteiger partial charge in [-0.2, -0.15) is 0 Å². The highest BCUT2D eigenvalue weighted by molar-refractivity contribution is 7.14. The predicted molar refractivity (Wildman–Crippen MR) is 97.7 cm³/mol. The lowest BCUT2D eigenvalue weighted by Gasteiger charge is -2.08. The second-order valence-corrected chi connectivity index (χ2v) is 7.05. The summed E-state index contributed by atoms with van der Waals surface area (Å²) in [6.45, 7) is 4.14. The number of methoxy groups -OCH3 is 1. The molecule has 1 aliphatic heterocycles. The van der Waals surface area contributed by atoms with Crippen molar-refractivity contribution in [2.45, 2.75) is 26.2 Å². The zero-order chi connectivity index (χ0) is 16.9. The summed E-state index contributed by atoms with van der Waals surface area (Å²) in [6.07, 6.45) is 2.65. The van der Waals surface area contributed by atoms with Gasteiger partial charge >= 0.3 is 0 Å². The number of hydrogen-bond donors (Lipinski definition) is 2. The lowest BCUT2D eigenvalue weighted by Crippen LogP contribution is -2.14. The fraction of sp³-hybridized carbons (Fsp3) is 0.444. The van der Waals surface area contributed by atoms with Gasteiger partial charge < -0.3 is 15.4 Å². The highest BCUT2D eigenvalue weighted by atomic mass is 32.1. The van der Waals surface area contributed by atoms with E-state index in [0.29, 0.717) is 17.5 Å². The zero-order valence-electron chi connectivity index (χ0n) is 14.1. The Labute approximate surface area is 146 Å². The third-order valence-corrected chi connectivity index (χ3v) is 5.08. The molecular formula is C18H23N3O2S. The van der Waals surface area contributed by atoms with Gasteiger partial charge in [-0.3, -0.25) is 4.79 Å². The summed E-state index contributed by atoms with van der Waals surface area (Å²) in [4.78, 5) is 16.6. The van der Waals surface area contributed by atoms with Crippen LogP contribution in [0.1, 0.15) is 24.8 Å². The van der Waals surface area contributed by atoms with E-state index in [1.54, 1.807) is 7.11 Å². The number of amides is 1. The van der Waals surface area contributed by atoms with Crippen LogP contribution in [0.3, 0.4) is 0 Å². The van der Waals surface area contributed by atoms with Crippen LogP contribution >= 0.6 is 11.3 Å². The smallest absolute Gasteiger partial charge is 0.226 e. The van der Waals surface area contributed by atoms with E-state index in [9.17, 15) is 4.79 Å². The van der Waals surface area contributed by atoms with Crippen molar-refractivity contribution in [2.75, 3.05) is 25.5 Å². The average molecular weight is 345 g/mol. The normalized spacial score (nSPS) is 17.0. The Morgan fingerprint density at radius 3 is 3.12 bits per heavy atom. The molecule has 1 aromatic carbocycles. The molecule has 0 bridgehead atoms. The van der Waals surface area contributed by atoms with Crippen LogP contribution in [0.5, 0.6) is 5.75 Å². The number of anilines is 1. The molecule has 1 aliphatic rings. The third-order valence-electron chi connectivity index (χ3n) is 4.32. The summed E-state index contributed by atoms with van der Waals surface area (Å²) in [6, 6.07) is 6.00. The molecule has 0 aliphatic carbocycles. The minimum Gasteiger partial charge on any atom is -0.496 e. The third kappa shape index (κ3) is 4.13. The van der Waals surface area contributed by atoms with Crippen molar-refractivity contribution in [2.24, 2.45) is 5.92 Å². The van der Waals surface area contributed by atoms with Crippen LogP contribution in [0.2, 0.25) is 0 Å². The van der Waals surface area contributed by atoms with Crippen LogP contribution in [0.4, 0.5) is 5.13 Å². The molecule has 0 saturated carbocycles. The Morgan fingerprint density at radius 1 is 1.50 bits per heavy atom. The molecule has 3 rings (SSSR count). The molecule has 1 amide bonds. The van der Waals surface area contributed by atoms with E-state index >= 15 is 0 Å². The average Bonchev–Trinajstić information content (AvgIpc) is 3.24. The van der Waals surface area contributed by atoms with Gasteiger partial charge in [-0.25, -0.2) is 4.98 Å². The zero-order valence-corrected chi connectivity index (χ0v) is 14.9. The number of nitrogens with one attached hydrogen (secondary N) is 2. The Kier molecular flexibility index (Phi) is 5.48. The maximum absolute atomic E-state index is 12.1. The number of ether oxygens (including phenoxy) is 1. The fourth-order valence-electron chi connectivity index (χ4n) is 2.95. The molecule has 1 atom stereocenters. The van der Waals surface area contributed by atoms with Crippen molar-refractivity contribution in [1.29, 1.82) is 0 Å². The molecule has 5 nitrogen and oxygen atoms in total. The molecule has 2 heterocycles. The standard InChI is InChI=1S/C18H23N3O2S/c1-12-3-5-16(23-2)14(9-12)15-11-24-18(20-15)21-17(22)6-4-13-7-8-19-10-13/h3,5,9,11,13,19H,4,6-8,10H2,1-2H3,(H,20,21,22). The molecule has 1 unspecified atom stereocenters. The van der Waals surface area contributed by atoms with Crippen molar-refractivity contribution >= 4 is 22.4 Å². The minimum absolute atomic E-state index is 0.0407. The first-order valence-electron chi connectivity index (χ1n) is 8.27. The number of aromatic nitrogens is 1. The van der Waals surface area contributed by atoms with Crippen LogP contribution in [0.25, 0.3) is 11.3 Å². The monoisotopic (exact) mass is 345 g/mol. The maximum Gasteiger partial charge on any atom is 0.226 e. The van der Waals surface area contributed by atoms with E-state index in [-0.39, 0.29) is 5.91 Å². The number of carbonyl (C=O) groups is 1. The van der Waals surface area contributed by atoms with E-state index in [1.807, 2.05) is 30.5 Å². The molecule has 2 aromatic rings. The van der Waals surface area contributed by atoms with Gasteiger partial charge in [-0.1, -0.05) is 11.6 Å². The second kappa shape index (κ2) is 7.77. The Balaban J connectivity index is 1.63. The molecule has 2 N–H and O–H groups in total. The van der Waals surface area contributed by atoms with Gasteiger partial charge in [-0.15, -0.1) is 11.3 Å². The molecule has 1 aromatic heterocycles. The lowest BCUT2D eigenvalue weighted by atomic mass is 10.0. The summed E-state index contributed by atoms with van der Waals surface area (Å²) in [5.41, 5.74) is 2.93. The molecular weight excluding hydrogens is 322 g/mol. The van der Waals surface area contributed by atoms with Crippen LogP contribution in [0, 0.1) is 12.8 Å². The largest absolute Gasteiger partial charge is 0.496 e. The summed E-state index contributed by atoms with van der Waals surface area (Å²) in [5.74, 6) is 1.45. The first-order valence-corrected chi connectivity index (χ1v) is 9.15. The quantitative estimate of drug-likeness (QED) is 0.842. The number of carbonyl (C=O) groups excluding carboxylic acids is 1. The van der Waals surface area contributed by atoms with Crippen molar-refractivity contribution in [3.05, 3.63) is 29.1 Å². The van der Waals surface area contributed by atoms with Gasteiger partial charge in [0.2, 0.25) is 5.91 Å². The van der Waals surface area contributed by atoms with Crippen LogP contribution in [0.15, 0.2) is 23.6 Å². The summed E-state index contributed by atoms with van der Waals surface area (Å²) >= 11 is 1.44. The lowest BCUT2D eigenvalue weighted by molar-refractivity contribution is -0.116. The van der Waals surface area contributed by atoms with Gasteiger partial charge in [-0.05, 0) is 50.9 Å². The number of aryl methyl sites for hydroxylation is 1. The number of benzene rings is 1. The second-order valence-electron chi connectivity index (χ2n) is 6.19. The van der Waals surface area contributed by atoms with E-state index in [2.05, 4.69) is 15.6 Å². The van der Waals surface area contributed by atoms with Crippen molar-refractivity contribution in [3.8, 4) is 17.0 Å². The van der Waals surface area contributed by atoms with Gasteiger partial charge in [0.05, 0.1) is 12.8 Å². The van der Waals surface area contributed by atoms with E-state index in [4.69, 9.17) is 4.74 Å². The van der Waals surface area contributed by atoms with E-state index in [1.165, 1.54) is 17.8 Å². The number of thiazole rings is 1. The van der Waals surface area contributed by atoms with E-state index < -0.39 is 0 Å². The van der Waals surface area contributed by atoms with Crippen LogP contribution < -0.4 is 15.4 Å². The number of rotatable bonds is 6. The summed E-state index contributed by atoms with van der Waals surface area (Å²) < 4.78 is 5.41. The topological polar surface area (TPSA) is 63.2 Å². The molecule has 1 fully saturated rings. The summed E-state index contributed by atoms with van der Waals surface area (Å²) in [7, 11) is 1.65. The van der Waals surface area contributed by atoms with Gasteiger partial charge in [0.15, 0.2) is 5.13 Å². The van der Waals surface area contributed by atoms with Gasteiger partial charge in [0, 0.05) is 17.4 Å². The van der Waals surface area contributed by atoms with Crippen LogP contribution in [-0.4, -0.2) is 31.1 Å². The van der Waals surface area contributed by atoms with Crippen molar-refractivity contribution in [1.82, 2.24) is 10.3 Å². The van der Waals surface area contributed by atoms with E-state index in [0.717, 1.165) is 42.1 Å². The minimum atomic E-state index is 0.0407. The van der Waals surface area contributed by atoms with Gasteiger partial charge in [0.25, 0.3) is 0 Å². The SMILES string of the molecule is COc1ccc(C)cc1-c1csc(NC(=O)CCC2CCNC2)n1. The molecule has 128 valence electrons. The van der Waals surface area contributed by atoms with Crippen LogP contribution in [-0.2, 0) is 4.79 Å². The fourth-order valence-corrected chi connectivity index (χ4v) is 3.68. The Hall–Kier alpha value is -1.92. The highest BCUT2D eigenvalue weighted by Crippen LogP contribution is 2.33. The Morgan fingerprint density at radius 2 is 2.38 bits per heavy atom. The van der Waals surface area contributed by atoms with Crippen molar-refractivity contribution < 1.29 is 9.53 Å². The highest BCUT2D eigenvalue weighted by Gasteiger charge is 2.16. The molecule has 0 radical (unpaired) electrons. The molecule has 24 heavy (non-hydrogen) atoms. The molecule has 1 saturated heterocycles. The summed E-state index contributed by atoms with van der Waals surface area (Å²) in [5, 5.41) is 8.84. The van der Waals surface area contributed by atoms with Crippen molar-refractivity contribution in [3.63, 3.8) is 0 Å². The first-order chi connectivity index (χ1) is 11.7. The number of hydrogen-bond acceptors (Lipinski definition) is 5.